The number of anilines is 1. The largest absolute Gasteiger partial charge is 0.481 e. The summed E-state index contributed by atoms with van der Waals surface area (Å²) in [7, 11) is 1.21. The summed E-state index contributed by atoms with van der Waals surface area (Å²) in [6.45, 7) is 2.88. The van der Waals surface area contributed by atoms with Crippen LogP contribution in [-0.4, -0.2) is 30.1 Å². The molecule has 1 aromatic carbocycles. The molecular weight excluding hydrogens is 298 g/mol. The van der Waals surface area contributed by atoms with Gasteiger partial charge in [0.25, 0.3) is 0 Å². The van der Waals surface area contributed by atoms with E-state index in [4.69, 9.17) is 16.7 Å². The number of ether oxygens (including phenoxy) is 1. The average molecular weight is 314 g/mol. The van der Waals surface area contributed by atoms with E-state index in [0.717, 1.165) is 0 Å². The van der Waals surface area contributed by atoms with Gasteiger partial charge in [-0.05, 0) is 32.0 Å². The Morgan fingerprint density at radius 3 is 2.48 bits per heavy atom. The zero-order valence-corrected chi connectivity index (χ0v) is 12.7. The lowest BCUT2D eigenvalue weighted by molar-refractivity contribution is -0.148. The second-order valence-electron chi connectivity index (χ2n) is 5.10. The van der Waals surface area contributed by atoms with Crippen molar-refractivity contribution in [2.75, 3.05) is 12.4 Å². The smallest absolute Gasteiger partial charge is 0.340 e. The van der Waals surface area contributed by atoms with Gasteiger partial charge in [-0.3, -0.25) is 9.59 Å². The fourth-order valence-electron chi connectivity index (χ4n) is 1.58. The van der Waals surface area contributed by atoms with Crippen LogP contribution in [0.4, 0.5) is 5.69 Å². The van der Waals surface area contributed by atoms with Crippen molar-refractivity contribution in [3.8, 4) is 0 Å². The highest BCUT2D eigenvalue weighted by atomic mass is 35.5. The van der Waals surface area contributed by atoms with Gasteiger partial charge in [0.05, 0.1) is 23.8 Å². The van der Waals surface area contributed by atoms with Crippen molar-refractivity contribution in [2.45, 2.75) is 20.3 Å². The Morgan fingerprint density at radius 2 is 1.95 bits per heavy atom. The van der Waals surface area contributed by atoms with Crippen LogP contribution in [-0.2, 0) is 14.3 Å². The van der Waals surface area contributed by atoms with Gasteiger partial charge < -0.3 is 15.2 Å². The number of benzene rings is 1. The molecule has 1 rings (SSSR count). The van der Waals surface area contributed by atoms with E-state index in [1.165, 1.54) is 39.2 Å². The van der Waals surface area contributed by atoms with E-state index in [2.05, 4.69) is 10.1 Å². The molecule has 6 nitrogen and oxygen atoms in total. The van der Waals surface area contributed by atoms with Crippen LogP contribution in [0.5, 0.6) is 0 Å². The van der Waals surface area contributed by atoms with E-state index in [-0.39, 0.29) is 17.7 Å². The predicted octanol–water partition coefficient (Wildman–Crippen LogP) is 2.57. The number of halogens is 1. The number of carboxylic acid groups (broad SMARTS) is 1. The molecule has 0 aromatic heterocycles. The van der Waals surface area contributed by atoms with Crippen molar-refractivity contribution >= 4 is 35.1 Å². The number of carbonyl (C=O) groups is 3. The van der Waals surface area contributed by atoms with Crippen LogP contribution in [0.15, 0.2) is 18.2 Å². The van der Waals surface area contributed by atoms with Gasteiger partial charge in [0, 0.05) is 11.4 Å². The number of carbonyl (C=O) groups excluding carboxylic acids is 2. The topological polar surface area (TPSA) is 92.7 Å². The van der Waals surface area contributed by atoms with Gasteiger partial charge in [-0.15, -0.1) is 0 Å². The van der Waals surface area contributed by atoms with Gasteiger partial charge in [-0.1, -0.05) is 11.6 Å². The van der Waals surface area contributed by atoms with E-state index >= 15 is 0 Å². The van der Waals surface area contributed by atoms with Gasteiger partial charge in [0.1, 0.15) is 0 Å². The SMILES string of the molecule is COC(=O)c1cc(Cl)ccc1NC(=O)CC(C)(C)C(=O)O. The number of esters is 1. The van der Waals surface area contributed by atoms with Gasteiger partial charge in [-0.25, -0.2) is 4.79 Å². The molecule has 2 N–H and O–H groups in total. The van der Waals surface area contributed by atoms with E-state index in [9.17, 15) is 14.4 Å². The first-order valence-electron chi connectivity index (χ1n) is 6.08. The fourth-order valence-corrected chi connectivity index (χ4v) is 1.75. The Balaban J connectivity index is 2.95. The third-order valence-corrected chi connectivity index (χ3v) is 3.08. The summed E-state index contributed by atoms with van der Waals surface area (Å²) in [4.78, 5) is 34.6. The van der Waals surface area contributed by atoms with Crippen LogP contribution in [0.25, 0.3) is 0 Å². The minimum Gasteiger partial charge on any atom is -0.481 e. The Labute approximate surface area is 127 Å². The van der Waals surface area contributed by atoms with Crippen molar-refractivity contribution in [3.05, 3.63) is 28.8 Å². The van der Waals surface area contributed by atoms with Gasteiger partial charge in [0.15, 0.2) is 0 Å². The predicted molar refractivity (Wildman–Crippen MR) is 77.5 cm³/mol. The van der Waals surface area contributed by atoms with Crippen LogP contribution >= 0.6 is 11.6 Å². The summed E-state index contributed by atoms with van der Waals surface area (Å²) in [6, 6.07) is 4.33. The quantitative estimate of drug-likeness (QED) is 0.815. The molecule has 0 radical (unpaired) electrons. The van der Waals surface area contributed by atoms with E-state index < -0.39 is 23.3 Å². The summed E-state index contributed by atoms with van der Waals surface area (Å²) >= 11 is 5.80. The lowest BCUT2D eigenvalue weighted by Gasteiger charge is -2.18. The van der Waals surface area contributed by atoms with Crippen molar-refractivity contribution in [1.29, 1.82) is 0 Å². The van der Waals surface area contributed by atoms with Crippen LogP contribution in [0.3, 0.4) is 0 Å². The Bertz CT molecular complexity index is 583. The van der Waals surface area contributed by atoms with Gasteiger partial charge >= 0.3 is 11.9 Å². The summed E-state index contributed by atoms with van der Waals surface area (Å²) in [6.07, 6.45) is -0.231. The maximum absolute atomic E-state index is 11.9. The molecule has 0 bridgehead atoms. The number of amides is 1. The molecule has 21 heavy (non-hydrogen) atoms. The zero-order chi connectivity index (χ0) is 16.2. The molecule has 1 aromatic rings. The highest BCUT2D eigenvalue weighted by molar-refractivity contribution is 6.31. The highest BCUT2D eigenvalue weighted by Gasteiger charge is 2.30. The fraction of sp³-hybridized carbons (Fsp3) is 0.357. The summed E-state index contributed by atoms with van der Waals surface area (Å²) in [5.74, 6) is -2.25. The number of methoxy groups -OCH3 is 1. The van der Waals surface area contributed by atoms with Crippen LogP contribution < -0.4 is 5.32 Å². The molecule has 0 saturated heterocycles. The third-order valence-electron chi connectivity index (χ3n) is 2.84. The van der Waals surface area contributed by atoms with Crippen molar-refractivity contribution in [2.24, 2.45) is 5.41 Å². The molecule has 0 aliphatic carbocycles. The molecule has 0 aliphatic rings. The summed E-state index contributed by atoms with van der Waals surface area (Å²) < 4.78 is 4.61. The van der Waals surface area contributed by atoms with E-state index in [1.54, 1.807) is 0 Å². The molecule has 0 heterocycles. The number of rotatable bonds is 5. The lowest BCUT2D eigenvalue weighted by atomic mass is 9.89. The van der Waals surface area contributed by atoms with E-state index in [0.29, 0.717) is 5.02 Å². The molecule has 0 aliphatic heterocycles. The normalized spacial score (nSPS) is 10.9. The number of aliphatic carboxylic acids is 1. The number of hydrogen-bond donors (Lipinski definition) is 2. The third kappa shape index (κ3) is 4.46. The first-order valence-corrected chi connectivity index (χ1v) is 6.46. The summed E-state index contributed by atoms with van der Waals surface area (Å²) in [5, 5.41) is 11.8. The maximum atomic E-state index is 11.9. The lowest BCUT2D eigenvalue weighted by Crippen LogP contribution is -2.30. The first-order chi connectivity index (χ1) is 9.67. The van der Waals surface area contributed by atoms with Crippen LogP contribution in [0.1, 0.15) is 30.6 Å². The molecule has 0 spiro atoms. The van der Waals surface area contributed by atoms with Crippen molar-refractivity contribution in [1.82, 2.24) is 0 Å². The number of nitrogens with one attached hydrogen (secondary N) is 1. The second kappa shape index (κ2) is 6.58. The van der Waals surface area contributed by atoms with Crippen molar-refractivity contribution < 1.29 is 24.2 Å². The van der Waals surface area contributed by atoms with E-state index in [1.807, 2.05) is 0 Å². The molecule has 0 unspecified atom stereocenters. The maximum Gasteiger partial charge on any atom is 0.340 e. The second-order valence-corrected chi connectivity index (χ2v) is 5.53. The number of carboxylic acids is 1. The Hall–Kier alpha value is -2.08. The minimum absolute atomic E-state index is 0.103. The Morgan fingerprint density at radius 1 is 1.33 bits per heavy atom. The van der Waals surface area contributed by atoms with Crippen molar-refractivity contribution in [3.63, 3.8) is 0 Å². The summed E-state index contributed by atoms with van der Waals surface area (Å²) in [5.41, 5.74) is -0.883. The Kier molecular flexibility index (Phi) is 5.32. The standard InChI is InChI=1S/C14H16ClNO5/c1-14(2,13(19)20)7-11(17)16-10-5-4-8(15)6-9(10)12(18)21-3/h4-6H,7H2,1-3H3,(H,16,17)(H,19,20). The molecule has 0 fully saturated rings. The monoisotopic (exact) mass is 313 g/mol. The molecule has 1 amide bonds. The molecular formula is C14H16ClNO5. The minimum atomic E-state index is -1.21. The van der Waals surface area contributed by atoms with Gasteiger partial charge in [0.2, 0.25) is 5.91 Å². The average Bonchev–Trinajstić information content (AvgIpc) is 2.39. The van der Waals surface area contributed by atoms with Crippen LogP contribution in [0, 0.1) is 5.41 Å². The molecule has 0 atom stereocenters. The molecule has 114 valence electrons. The van der Waals surface area contributed by atoms with Gasteiger partial charge in [-0.2, -0.15) is 0 Å². The molecule has 0 saturated carbocycles. The van der Waals surface area contributed by atoms with Crippen LogP contribution in [0.2, 0.25) is 5.02 Å². The zero-order valence-electron chi connectivity index (χ0n) is 11.9. The highest BCUT2D eigenvalue weighted by Crippen LogP contribution is 2.24. The first kappa shape index (κ1) is 17.0. The molecule has 7 heteroatoms. The number of hydrogen-bond acceptors (Lipinski definition) is 4.